The van der Waals surface area contributed by atoms with Crippen LogP contribution in [-0.4, -0.2) is 38.3 Å². The summed E-state index contributed by atoms with van der Waals surface area (Å²) >= 11 is 0. The minimum Gasteiger partial charge on any atom is -0.394 e. The molecule has 20 heavy (non-hydrogen) atoms. The summed E-state index contributed by atoms with van der Waals surface area (Å²) in [5, 5.41) is 27.1. The van der Waals surface area contributed by atoms with Gasteiger partial charge < -0.3 is 5.11 Å². The average Bonchev–Trinajstić information content (AvgIpc) is 2.89. The normalized spacial score (nSPS) is 12.3. The first-order valence-corrected chi connectivity index (χ1v) is 5.95. The van der Waals surface area contributed by atoms with Gasteiger partial charge in [-0.25, -0.2) is 9.07 Å². The first-order valence-electron chi connectivity index (χ1n) is 5.95. The molecule has 0 aliphatic carbocycles. The van der Waals surface area contributed by atoms with Crippen LogP contribution in [-0.2, 0) is 6.42 Å². The fraction of sp³-hybridized carbons (Fsp3) is 0.333. The van der Waals surface area contributed by atoms with E-state index in [-0.39, 0.29) is 12.3 Å². The molecule has 0 spiro atoms. The summed E-state index contributed by atoms with van der Waals surface area (Å²) in [6, 6.07) is 5.37. The third-order valence-electron chi connectivity index (χ3n) is 2.85. The lowest BCUT2D eigenvalue weighted by Gasteiger charge is -2.07. The average molecular weight is 280 g/mol. The van der Waals surface area contributed by atoms with E-state index in [1.54, 1.807) is 18.3 Å². The maximum absolute atomic E-state index is 12.6. The van der Waals surface area contributed by atoms with Crippen molar-refractivity contribution in [2.45, 2.75) is 12.5 Å². The van der Waals surface area contributed by atoms with Crippen LogP contribution < -0.4 is 0 Å². The molecule has 1 N–H and O–H groups in total. The number of nitrogens with zero attached hydrogens (tertiary/aromatic N) is 4. The molecule has 0 aliphatic heterocycles. The lowest BCUT2D eigenvalue weighted by molar-refractivity contribution is -0.384. The number of alkyl halides is 1. The molecule has 8 heteroatoms. The van der Waals surface area contributed by atoms with Gasteiger partial charge in [0.15, 0.2) is 0 Å². The summed E-state index contributed by atoms with van der Waals surface area (Å²) in [5.74, 6) is 0. The molecule has 0 bridgehead atoms. The highest BCUT2D eigenvalue weighted by molar-refractivity contribution is 5.34. The predicted octanol–water partition coefficient (Wildman–Crippen LogP) is 1.28. The molecule has 2 aromatic rings. The largest absolute Gasteiger partial charge is 0.394 e. The molecule has 1 aromatic heterocycles. The molecule has 0 amide bonds. The molecule has 106 valence electrons. The molecule has 0 saturated heterocycles. The highest BCUT2D eigenvalue weighted by Gasteiger charge is 2.12. The molecule has 7 nitrogen and oxygen atoms in total. The van der Waals surface area contributed by atoms with E-state index in [9.17, 15) is 14.5 Å². The van der Waals surface area contributed by atoms with Gasteiger partial charge in [-0.3, -0.25) is 10.1 Å². The van der Waals surface area contributed by atoms with Crippen LogP contribution in [0.25, 0.3) is 0 Å². The van der Waals surface area contributed by atoms with Crippen LogP contribution in [0.15, 0.2) is 30.5 Å². The van der Waals surface area contributed by atoms with Crippen LogP contribution in [0.3, 0.4) is 0 Å². The second-order valence-electron chi connectivity index (χ2n) is 4.28. The van der Waals surface area contributed by atoms with Crippen molar-refractivity contribution < 1.29 is 14.4 Å². The monoisotopic (exact) mass is 280 g/mol. The fourth-order valence-electron chi connectivity index (χ4n) is 1.72. The van der Waals surface area contributed by atoms with Gasteiger partial charge >= 0.3 is 0 Å². The van der Waals surface area contributed by atoms with E-state index in [0.29, 0.717) is 12.1 Å². The van der Waals surface area contributed by atoms with Crippen molar-refractivity contribution in [1.29, 1.82) is 0 Å². The van der Waals surface area contributed by atoms with E-state index in [2.05, 4.69) is 10.3 Å². The van der Waals surface area contributed by atoms with Crippen LogP contribution in [0.5, 0.6) is 0 Å². The van der Waals surface area contributed by atoms with Crippen LogP contribution in [0.4, 0.5) is 10.1 Å². The lowest BCUT2D eigenvalue weighted by Crippen LogP contribution is -2.15. The zero-order valence-corrected chi connectivity index (χ0v) is 10.5. The summed E-state index contributed by atoms with van der Waals surface area (Å²) in [7, 11) is 0. The van der Waals surface area contributed by atoms with Gasteiger partial charge in [0.25, 0.3) is 5.69 Å². The third-order valence-corrected chi connectivity index (χ3v) is 2.85. The number of aliphatic hydroxyl groups excluding tert-OH is 1. The number of hydrogen-bond acceptors (Lipinski definition) is 5. The maximum Gasteiger partial charge on any atom is 0.269 e. The van der Waals surface area contributed by atoms with Crippen molar-refractivity contribution in [3.05, 3.63) is 51.8 Å². The van der Waals surface area contributed by atoms with Crippen molar-refractivity contribution in [1.82, 2.24) is 15.0 Å². The van der Waals surface area contributed by atoms with Gasteiger partial charge in [0.2, 0.25) is 0 Å². The standard InChI is InChI=1S/C12H13FN4O3/c13-6-12(8-18)16-7-10(14-15-16)5-9-1-3-11(4-2-9)17(19)20/h1-4,7,12,18H,5-6,8H2. The first kappa shape index (κ1) is 14.1. The van der Waals surface area contributed by atoms with Crippen molar-refractivity contribution >= 4 is 5.69 Å². The number of non-ortho nitro benzene ring substituents is 1. The molecule has 1 heterocycles. The summed E-state index contributed by atoms with van der Waals surface area (Å²) < 4.78 is 13.9. The number of nitro benzene ring substituents is 1. The number of nitro groups is 1. The molecular formula is C12H13FN4O3. The minimum atomic E-state index is -0.729. The van der Waals surface area contributed by atoms with Gasteiger partial charge in [0.1, 0.15) is 12.7 Å². The Bertz CT molecular complexity index is 581. The zero-order chi connectivity index (χ0) is 14.5. The molecule has 2 rings (SSSR count). The predicted molar refractivity (Wildman–Crippen MR) is 68.0 cm³/mol. The van der Waals surface area contributed by atoms with E-state index in [0.717, 1.165) is 5.56 Å². The van der Waals surface area contributed by atoms with Crippen molar-refractivity contribution in [2.75, 3.05) is 13.3 Å². The first-order chi connectivity index (χ1) is 9.63. The molecule has 1 atom stereocenters. The molecule has 1 aromatic carbocycles. The Morgan fingerprint density at radius 2 is 2.10 bits per heavy atom. The number of aromatic nitrogens is 3. The van der Waals surface area contributed by atoms with Gasteiger partial charge in [-0.2, -0.15) is 0 Å². The molecule has 1 unspecified atom stereocenters. The van der Waals surface area contributed by atoms with Gasteiger partial charge in [-0.15, -0.1) is 5.10 Å². The Balaban J connectivity index is 2.08. The van der Waals surface area contributed by atoms with Crippen molar-refractivity contribution in [3.8, 4) is 0 Å². The van der Waals surface area contributed by atoms with Gasteiger partial charge in [0.05, 0.1) is 17.2 Å². The van der Waals surface area contributed by atoms with Crippen LogP contribution in [0.2, 0.25) is 0 Å². The summed E-state index contributed by atoms with van der Waals surface area (Å²) in [6.45, 7) is -1.08. The zero-order valence-electron chi connectivity index (χ0n) is 10.5. The Morgan fingerprint density at radius 1 is 1.40 bits per heavy atom. The lowest BCUT2D eigenvalue weighted by atomic mass is 10.1. The molecule has 0 fully saturated rings. The van der Waals surface area contributed by atoms with Crippen molar-refractivity contribution in [3.63, 3.8) is 0 Å². The minimum absolute atomic E-state index is 0.0233. The van der Waals surface area contributed by atoms with Crippen LogP contribution in [0, 0.1) is 10.1 Å². The number of rotatable bonds is 6. The van der Waals surface area contributed by atoms with Crippen LogP contribution >= 0.6 is 0 Å². The number of benzene rings is 1. The number of halogens is 1. The van der Waals surface area contributed by atoms with E-state index in [1.165, 1.54) is 16.8 Å². The van der Waals surface area contributed by atoms with Gasteiger partial charge in [-0.05, 0) is 5.56 Å². The van der Waals surface area contributed by atoms with Crippen molar-refractivity contribution in [2.24, 2.45) is 0 Å². The highest BCUT2D eigenvalue weighted by Crippen LogP contribution is 2.15. The highest BCUT2D eigenvalue weighted by atomic mass is 19.1. The van der Waals surface area contributed by atoms with Gasteiger partial charge in [0, 0.05) is 24.8 Å². The molecule has 0 aliphatic rings. The van der Waals surface area contributed by atoms with Crippen LogP contribution in [0.1, 0.15) is 17.3 Å². The molecular weight excluding hydrogens is 267 g/mol. The SMILES string of the molecule is O=[N+]([O-])c1ccc(Cc2cn(C(CO)CF)nn2)cc1. The second kappa shape index (κ2) is 6.20. The quantitative estimate of drug-likeness (QED) is 0.635. The Kier molecular flexibility index (Phi) is 4.36. The van der Waals surface area contributed by atoms with E-state index in [1.807, 2.05) is 0 Å². The molecule has 0 saturated carbocycles. The topological polar surface area (TPSA) is 94.1 Å². The Morgan fingerprint density at radius 3 is 2.65 bits per heavy atom. The van der Waals surface area contributed by atoms with Gasteiger partial charge in [-0.1, -0.05) is 17.3 Å². The van der Waals surface area contributed by atoms with E-state index >= 15 is 0 Å². The maximum atomic E-state index is 12.6. The number of hydrogen-bond donors (Lipinski definition) is 1. The number of aliphatic hydroxyl groups is 1. The Labute approximate surface area is 113 Å². The van der Waals surface area contributed by atoms with E-state index in [4.69, 9.17) is 5.11 Å². The second-order valence-corrected chi connectivity index (χ2v) is 4.28. The van der Waals surface area contributed by atoms with E-state index < -0.39 is 17.6 Å². The third kappa shape index (κ3) is 3.15. The molecule has 0 radical (unpaired) electrons. The summed E-state index contributed by atoms with van der Waals surface area (Å²) in [6.07, 6.45) is 1.99. The smallest absolute Gasteiger partial charge is 0.269 e. The summed E-state index contributed by atoms with van der Waals surface area (Å²) in [5.41, 5.74) is 1.46. The fourth-order valence-corrected chi connectivity index (χ4v) is 1.72. The summed E-state index contributed by atoms with van der Waals surface area (Å²) in [4.78, 5) is 10.1. The Hall–Kier alpha value is -2.35.